The summed E-state index contributed by atoms with van der Waals surface area (Å²) in [5.74, 6) is -16.9. The van der Waals surface area contributed by atoms with Crippen LogP contribution in [0.3, 0.4) is 0 Å². The van der Waals surface area contributed by atoms with Crippen LogP contribution in [0.25, 0.3) is 0 Å². The number of carbonyl (C=O) groups excluding carboxylic acids is 9. The van der Waals surface area contributed by atoms with Crippen LogP contribution in [0.1, 0.15) is 302 Å². The van der Waals surface area contributed by atoms with Crippen molar-refractivity contribution in [3.05, 3.63) is 0 Å². The Balaban J connectivity index is 0.000000935. The lowest BCUT2D eigenvalue weighted by Crippen LogP contribution is -2.67. The van der Waals surface area contributed by atoms with Crippen LogP contribution in [0, 0.1) is 40.4 Å². The molecule has 0 radical (unpaired) electrons. The highest BCUT2D eigenvalue weighted by atomic mass is 19.4. The van der Waals surface area contributed by atoms with E-state index in [1.54, 1.807) is 0 Å². The molecule has 138 heavy (non-hydrogen) atoms. The zero-order valence-electron chi connectivity index (χ0n) is 81.0. The van der Waals surface area contributed by atoms with Crippen LogP contribution in [0.5, 0.6) is 0 Å². The Morgan fingerprint density at radius 3 is 0.717 bits per heavy atom. The van der Waals surface area contributed by atoms with Gasteiger partial charge in [0.15, 0.2) is 10.8 Å². The largest absolute Gasteiger partial charge is 0.510 e. The fourth-order valence-electron chi connectivity index (χ4n) is 14.5. The van der Waals surface area contributed by atoms with E-state index < -0.39 is 294 Å². The van der Waals surface area contributed by atoms with Gasteiger partial charge in [-0.25, -0.2) is 42.3 Å². The average molecular weight is 2080 g/mol. The van der Waals surface area contributed by atoms with E-state index in [1.165, 1.54) is 96.9 Å². The van der Waals surface area contributed by atoms with Crippen molar-refractivity contribution >= 4 is 54.7 Å². The van der Waals surface area contributed by atoms with E-state index in [0.29, 0.717) is 13.8 Å². The molecule has 0 heterocycles. The molecule has 0 bridgehead atoms. The van der Waals surface area contributed by atoms with Crippen LogP contribution in [0.4, 0.5) is 151 Å². The number of carbonyl (C=O) groups is 9. The van der Waals surface area contributed by atoms with E-state index in [4.69, 9.17) is 37.9 Å². The third-order valence-corrected chi connectivity index (χ3v) is 23.7. The second-order valence-corrected chi connectivity index (χ2v) is 40.3. The van der Waals surface area contributed by atoms with Crippen molar-refractivity contribution in [2.24, 2.45) is 40.4 Å². The van der Waals surface area contributed by atoms with Crippen molar-refractivity contribution in [3.63, 3.8) is 0 Å². The Bertz CT molecular complexity index is 3980. The maximum absolute atomic E-state index is 14.7. The molecule has 4 rings (SSSR count). The number of alkyl halides is 29. The first-order valence-electron chi connectivity index (χ1n) is 43.5. The van der Waals surface area contributed by atoms with Gasteiger partial charge < -0.3 is 66.3 Å². The molecule has 4 aliphatic rings. The SMILES string of the molecule is CCC(C)(C(=O)OC1CCC(C(C)(OC(=O)OC(C)(C)C)C(F)(F)F)CC1)C(F)(F)F.CCC(C)(C(=O)OC1CCCCC1C(OC(=O)OC(C)(C)C)(C(F)(F)F)C(F)(F)F)C(F)(F)F.CCC(C)(F)C(=O)OC1CC(C(C)(OC(=O)OC(C)(C)C)C(F)(F)F)CC(C(OC(=O)OC(C)(C)C)(C(F)(F)F)C(F)(F)F)C1.CCC(C)(F)C(=O)OC1CCC(C(C)(OC(=O)OC(C)(C)C)C(F)(F)F)CC1. The molecular formula is C86H125F29O23. The normalized spacial score (nSPS) is 23.7. The zero-order chi connectivity index (χ0) is 109. The minimum atomic E-state index is -6.54. The standard InChI is InChI=1S/C27H38F10O8.C20H27F9O5.C20H30F6O5.C19H30F4O5/c1-10-22(8,28)17(38)41-16-12-14(23(9,25(29,30)31)44-18(39)42-20(2,3)4)11-15(13-16)24(26(32,33)34,27(35,36)37)45-19(40)43-21(5,6)7;1-6-16(5,18(21,22)23)13(30)32-12-10-8-7-9-11(12)17(19(24,25)26,20(27,28)29)34-14(31)33-15(2,3)4;1-7-17(5,19(21,22)23)14(27)29-13-10-8-12(9-11-13)18(6,20(24,25)26)31-15(28)30-16(2,3)4;1-7-17(5,20)14(24)26-13-10-8-12(9-11-13)18(6,19(21,22)23)28-15(25)27-16(2,3)4/h14-16H,10-13H2,1-9H3;11-12H,6-10H2,1-5H3;12-13H,7-11H2,1-6H3;12-13H,7-11H2,1-6H3. The van der Waals surface area contributed by atoms with Gasteiger partial charge in [0.25, 0.3) is 0 Å². The maximum Gasteiger partial charge on any atom is 0.510 e. The maximum atomic E-state index is 14.7. The molecule has 12 atom stereocenters. The van der Waals surface area contributed by atoms with Crippen molar-refractivity contribution in [2.45, 2.75) is 449 Å². The van der Waals surface area contributed by atoms with Crippen molar-refractivity contribution in [2.75, 3.05) is 0 Å². The summed E-state index contributed by atoms with van der Waals surface area (Å²) in [6.45, 7) is 29.0. The second-order valence-electron chi connectivity index (χ2n) is 40.3. The summed E-state index contributed by atoms with van der Waals surface area (Å²) >= 11 is 0. The number of halogens is 29. The molecule has 0 aliphatic heterocycles. The van der Waals surface area contributed by atoms with Crippen LogP contribution in [0.15, 0.2) is 0 Å². The molecule has 12 unspecified atom stereocenters. The molecule has 0 spiro atoms. The molecule has 52 heteroatoms. The molecule has 4 saturated carbocycles. The quantitative estimate of drug-likeness (QED) is 0.0553. The Kier molecular flexibility index (Phi) is 41.8. The Hall–Kier alpha value is -7.80. The van der Waals surface area contributed by atoms with Crippen molar-refractivity contribution in [1.29, 1.82) is 0 Å². The lowest BCUT2D eigenvalue weighted by atomic mass is 9.66. The summed E-state index contributed by atoms with van der Waals surface area (Å²) in [6.07, 6.45) is -75.0. The van der Waals surface area contributed by atoms with E-state index in [0.717, 1.165) is 62.3 Å². The highest BCUT2D eigenvalue weighted by Crippen LogP contribution is 2.61. The second kappa shape index (κ2) is 45.0. The number of hydrogen-bond acceptors (Lipinski definition) is 23. The van der Waals surface area contributed by atoms with E-state index >= 15 is 0 Å². The van der Waals surface area contributed by atoms with E-state index in [2.05, 4.69) is 28.4 Å². The number of rotatable bonds is 22. The topological polar surface area (TPSA) is 283 Å². The summed E-state index contributed by atoms with van der Waals surface area (Å²) in [4.78, 5) is 109. The van der Waals surface area contributed by atoms with Gasteiger partial charge in [-0.15, -0.1) is 0 Å². The summed E-state index contributed by atoms with van der Waals surface area (Å²) in [5, 5.41) is 0. The average Bonchev–Trinajstić information content (AvgIpc) is 0.720. The highest BCUT2D eigenvalue weighted by molar-refractivity contribution is 5.80. The molecule has 810 valence electrons. The monoisotopic (exact) mass is 2080 g/mol. The molecule has 0 N–H and O–H groups in total. The van der Waals surface area contributed by atoms with Gasteiger partial charge in [0.05, 0.1) is 5.92 Å². The van der Waals surface area contributed by atoms with Gasteiger partial charge in [-0.3, -0.25) is 9.59 Å². The number of hydrogen-bond donors (Lipinski definition) is 0. The first-order valence-corrected chi connectivity index (χ1v) is 43.5. The zero-order valence-corrected chi connectivity index (χ0v) is 81.0. The number of esters is 4. The Morgan fingerprint density at radius 1 is 0.225 bits per heavy atom. The first kappa shape index (κ1) is 128. The Labute approximate surface area is 779 Å². The Morgan fingerprint density at radius 2 is 0.464 bits per heavy atom. The summed E-state index contributed by atoms with van der Waals surface area (Å²) < 4.78 is 472. The van der Waals surface area contributed by atoms with Crippen LogP contribution < -0.4 is 0 Å². The van der Waals surface area contributed by atoms with Crippen LogP contribution in [-0.2, 0) is 85.5 Å². The van der Waals surface area contributed by atoms with Gasteiger partial charge in [0.1, 0.15) is 52.4 Å². The molecule has 0 aromatic heterocycles. The summed E-state index contributed by atoms with van der Waals surface area (Å²) in [7, 11) is 0. The minimum absolute atomic E-state index is 0.00583. The molecule has 4 fully saturated rings. The van der Waals surface area contributed by atoms with Gasteiger partial charge in [-0.1, -0.05) is 34.1 Å². The van der Waals surface area contributed by atoms with Gasteiger partial charge in [0.2, 0.25) is 28.1 Å². The number of ether oxygens (including phenoxy) is 14. The fraction of sp³-hybridized carbons (Fsp3) is 0.895. The van der Waals surface area contributed by atoms with Gasteiger partial charge in [-0.05, 0) is 268 Å². The van der Waals surface area contributed by atoms with Crippen LogP contribution in [0.2, 0.25) is 0 Å². The first-order chi connectivity index (χ1) is 61.0. The van der Waals surface area contributed by atoms with Crippen LogP contribution in [-0.4, -0.2) is 202 Å². The van der Waals surface area contributed by atoms with Gasteiger partial charge >= 0.3 is 121 Å². The van der Waals surface area contributed by atoms with Crippen LogP contribution >= 0.6 is 0 Å². The molecule has 23 nitrogen and oxygen atoms in total. The third kappa shape index (κ3) is 33.7. The molecular weight excluding hydrogens is 1950 g/mol. The summed E-state index contributed by atoms with van der Waals surface area (Å²) in [5.41, 5.74) is -37.6. The minimum Gasteiger partial charge on any atom is -0.462 e. The van der Waals surface area contributed by atoms with E-state index in [1.807, 2.05) is 0 Å². The third-order valence-electron chi connectivity index (χ3n) is 23.7. The van der Waals surface area contributed by atoms with Gasteiger partial charge in [0, 0.05) is 23.7 Å². The molecule has 0 amide bonds. The van der Waals surface area contributed by atoms with Crippen molar-refractivity contribution in [3.8, 4) is 0 Å². The fourth-order valence-corrected chi connectivity index (χ4v) is 14.5. The molecule has 0 aromatic carbocycles. The summed E-state index contributed by atoms with van der Waals surface area (Å²) in [6, 6.07) is 0. The predicted octanol–water partition coefficient (Wildman–Crippen LogP) is 27.3. The lowest BCUT2D eigenvalue weighted by Gasteiger charge is -2.49. The lowest BCUT2D eigenvalue weighted by molar-refractivity contribution is -0.394. The van der Waals surface area contributed by atoms with E-state index in [9.17, 15) is 170 Å². The molecule has 0 saturated heterocycles. The molecule has 0 aromatic rings. The van der Waals surface area contributed by atoms with E-state index in [-0.39, 0.29) is 77.6 Å². The highest BCUT2D eigenvalue weighted by Gasteiger charge is 2.82. The smallest absolute Gasteiger partial charge is 0.462 e. The van der Waals surface area contributed by atoms with Crippen molar-refractivity contribution < 1.29 is 237 Å². The van der Waals surface area contributed by atoms with Gasteiger partial charge in [-0.2, -0.15) is 119 Å². The van der Waals surface area contributed by atoms with Crippen molar-refractivity contribution in [1.82, 2.24) is 0 Å². The predicted molar refractivity (Wildman–Crippen MR) is 424 cm³/mol. The molecule has 4 aliphatic carbocycles.